The molecule has 0 spiro atoms. The molecular formula is C23H25N3O4S. The summed E-state index contributed by atoms with van der Waals surface area (Å²) in [4.78, 5) is 15.3. The largest absolute Gasteiger partial charge is 0.360 e. The lowest BCUT2D eigenvalue weighted by Gasteiger charge is -2.34. The second kappa shape index (κ2) is 8.28. The van der Waals surface area contributed by atoms with Crippen molar-refractivity contribution < 1.29 is 17.7 Å². The van der Waals surface area contributed by atoms with Crippen LogP contribution in [0.15, 0.2) is 57.9 Å². The molecule has 0 aliphatic carbocycles. The van der Waals surface area contributed by atoms with Gasteiger partial charge in [-0.15, -0.1) is 0 Å². The van der Waals surface area contributed by atoms with Crippen molar-refractivity contribution in [1.82, 2.24) is 14.4 Å². The maximum absolute atomic E-state index is 13.3. The maximum Gasteiger partial charge on any atom is 0.259 e. The van der Waals surface area contributed by atoms with Crippen LogP contribution in [0, 0.1) is 20.8 Å². The second-order valence-electron chi connectivity index (χ2n) is 7.79. The number of aromatic nitrogens is 1. The van der Waals surface area contributed by atoms with Crippen LogP contribution in [-0.2, 0) is 10.0 Å². The van der Waals surface area contributed by atoms with Crippen LogP contribution in [0.1, 0.15) is 27.2 Å². The molecule has 2 aromatic carbocycles. The van der Waals surface area contributed by atoms with E-state index in [1.165, 1.54) is 4.31 Å². The second-order valence-corrected chi connectivity index (χ2v) is 9.70. The molecule has 3 aromatic rings. The summed E-state index contributed by atoms with van der Waals surface area (Å²) < 4.78 is 33.1. The van der Waals surface area contributed by atoms with Crippen molar-refractivity contribution in [3.05, 3.63) is 71.0 Å². The Balaban J connectivity index is 1.53. The molecule has 0 unspecified atom stereocenters. The zero-order valence-electron chi connectivity index (χ0n) is 17.8. The highest BCUT2D eigenvalue weighted by Gasteiger charge is 2.33. The summed E-state index contributed by atoms with van der Waals surface area (Å²) in [5.41, 5.74) is 3.36. The number of sulfonamides is 1. The lowest BCUT2D eigenvalue weighted by atomic mass is 10.0. The highest BCUT2D eigenvalue weighted by atomic mass is 32.2. The molecule has 0 atom stereocenters. The predicted octanol–water partition coefficient (Wildman–Crippen LogP) is 3.41. The van der Waals surface area contributed by atoms with Crippen LogP contribution in [-0.4, -0.2) is 54.9 Å². The Morgan fingerprint density at radius 1 is 0.968 bits per heavy atom. The van der Waals surface area contributed by atoms with Gasteiger partial charge < -0.3 is 9.42 Å². The van der Waals surface area contributed by atoms with Crippen molar-refractivity contribution in [1.29, 1.82) is 0 Å². The van der Waals surface area contributed by atoms with Crippen LogP contribution in [0.3, 0.4) is 0 Å². The zero-order chi connectivity index (χ0) is 22.2. The summed E-state index contributed by atoms with van der Waals surface area (Å²) in [7, 11) is -3.61. The fourth-order valence-corrected chi connectivity index (χ4v) is 5.56. The molecule has 1 aliphatic heterocycles. The Hall–Kier alpha value is -2.97. The highest BCUT2D eigenvalue weighted by molar-refractivity contribution is 7.89. The summed E-state index contributed by atoms with van der Waals surface area (Å²) in [6.07, 6.45) is 0. The monoisotopic (exact) mass is 439 g/mol. The first-order valence-electron chi connectivity index (χ1n) is 10.2. The van der Waals surface area contributed by atoms with Crippen LogP contribution >= 0.6 is 0 Å². The Kier molecular flexibility index (Phi) is 5.68. The highest BCUT2D eigenvalue weighted by Crippen LogP contribution is 2.28. The SMILES string of the molecule is Cc1ccc(C)c(S(=O)(=O)N2CCN(C(=O)c3c(-c4ccccc4)noc3C)CC2)c1. The molecule has 1 aromatic heterocycles. The van der Waals surface area contributed by atoms with Crippen molar-refractivity contribution in [3.8, 4) is 11.3 Å². The average molecular weight is 440 g/mol. The third-order valence-electron chi connectivity index (χ3n) is 5.61. The number of rotatable bonds is 4. The number of carbonyl (C=O) groups excluding carboxylic acids is 1. The number of aryl methyl sites for hydroxylation is 3. The fourth-order valence-electron chi connectivity index (χ4n) is 3.83. The molecule has 1 saturated heterocycles. The Morgan fingerprint density at radius 3 is 2.32 bits per heavy atom. The summed E-state index contributed by atoms with van der Waals surface area (Å²) in [5, 5.41) is 4.08. The molecule has 8 heteroatoms. The van der Waals surface area contributed by atoms with Crippen molar-refractivity contribution in [2.45, 2.75) is 25.7 Å². The summed E-state index contributed by atoms with van der Waals surface area (Å²) in [6.45, 7) is 6.49. The van der Waals surface area contributed by atoms with Gasteiger partial charge in [-0.2, -0.15) is 4.31 Å². The zero-order valence-corrected chi connectivity index (χ0v) is 18.6. The molecular weight excluding hydrogens is 414 g/mol. The third kappa shape index (κ3) is 4.00. The van der Waals surface area contributed by atoms with Gasteiger partial charge in [-0.05, 0) is 38.0 Å². The van der Waals surface area contributed by atoms with E-state index in [-0.39, 0.29) is 19.0 Å². The fraction of sp³-hybridized carbons (Fsp3) is 0.304. The van der Waals surface area contributed by atoms with Crippen LogP contribution in [0.2, 0.25) is 0 Å². The van der Waals surface area contributed by atoms with Gasteiger partial charge in [0.05, 0.1) is 4.90 Å². The number of benzene rings is 2. The van der Waals surface area contributed by atoms with E-state index in [1.807, 2.05) is 49.4 Å². The van der Waals surface area contributed by atoms with Crippen molar-refractivity contribution in [3.63, 3.8) is 0 Å². The summed E-state index contributed by atoms with van der Waals surface area (Å²) in [5.74, 6) is 0.260. The smallest absolute Gasteiger partial charge is 0.259 e. The summed E-state index contributed by atoms with van der Waals surface area (Å²) in [6, 6.07) is 14.8. The minimum Gasteiger partial charge on any atom is -0.360 e. The number of hydrogen-bond acceptors (Lipinski definition) is 5. The Labute approximate surface area is 182 Å². The van der Waals surface area contributed by atoms with E-state index in [2.05, 4.69) is 5.16 Å². The van der Waals surface area contributed by atoms with Crippen molar-refractivity contribution in [2.75, 3.05) is 26.2 Å². The van der Waals surface area contributed by atoms with E-state index in [4.69, 9.17) is 4.52 Å². The van der Waals surface area contributed by atoms with Gasteiger partial charge >= 0.3 is 0 Å². The molecule has 0 bridgehead atoms. The standard InChI is InChI=1S/C23H25N3O4S/c1-16-9-10-17(2)20(15-16)31(28,29)26-13-11-25(12-14-26)23(27)21-18(3)30-24-22(21)19-7-5-4-6-8-19/h4-10,15H,11-14H2,1-3H3. The summed E-state index contributed by atoms with van der Waals surface area (Å²) >= 11 is 0. The van der Waals surface area contributed by atoms with Crippen molar-refractivity contribution in [2.24, 2.45) is 0 Å². The number of carbonyl (C=O) groups is 1. The van der Waals surface area contributed by atoms with E-state index in [0.717, 1.165) is 16.7 Å². The average Bonchev–Trinajstić information content (AvgIpc) is 3.17. The van der Waals surface area contributed by atoms with Gasteiger partial charge in [0.2, 0.25) is 10.0 Å². The first kappa shape index (κ1) is 21.3. The molecule has 0 saturated carbocycles. The van der Waals surface area contributed by atoms with Crippen molar-refractivity contribution >= 4 is 15.9 Å². The Morgan fingerprint density at radius 2 is 1.65 bits per heavy atom. The molecule has 0 radical (unpaired) electrons. The number of hydrogen-bond donors (Lipinski definition) is 0. The molecule has 1 amide bonds. The van der Waals surface area contributed by atoms with E-state index in [0.29, 0.717) is 35.0 Å². The van der Waals surface area contributed by atoms with E-state index in [1.54, 1.807) is 24.8 Å². The lowest BCUT2D eigenvalue weighted by molar-refractivity contribution is 0.0696. The topological polar surface area (TPSA) is 83.7 Å². The minimum absolute atomic E-state index is 0.193. The van der Waals surface area contributed by atoms with Crippen LogP contribution in [0.5, 0.6) is 0 Å². The van der Waals surface area contributed by atoms with E-state index in [9.17, 15) is 13.2 Å². The molecule has 31 heavy (non-hydrogen) atoms. The first-order chi connectivity index (χ1) is 14.8. The quantitative estimate of drug-likeness (QED) is 0.622. The van der Waals surface area contributed by atoms with E-state index < -0.39 is 10.0 Å². The Bertz CT molecular complexity index is 1210. The molecule has 1 fully saturated rings. The first-order valence-corrected chi connectivity index (χ1v) is 11.6. The number of nitrogens with zero attached hydrogens (tertiary/aromatic N) is 3. The number of amides is 1. The number of piperazine rings is 1. The van der Waals surface area contributed by atoms with E-state index >= 15 is 0 Å². The van der Waals surface area contributed by atoms with Gasteiger partial charge in [0, 0.05) is 31.7 Å². The van der Waals surface area contributed by atoms with Crippen LogP contribution in [0.4, 0.5) is 0 Å². The predicted molar refractivity (Wildman–Crippen MR) is 117 cm³/mol. The van der Waals surface area contributed by atoms with Gasteiger partial charge in [-0.25, -0.2) is 8.42 Å². The van der Waals surface area contributed by atoms with Gasteiger partial charge in [-0.3, -0.25) is 4.79 Å². The van der Waals surface area contributed by atoms with Crippen LogP contribution < -0.4 is 0 Å². The normalized spacial score (nSPS) is 15.3. The maximum atomic E-state index is 13.3. The third-order valence-corrected chi connectivity index (χ3v) is 7.65. The van der Waals surface area contributed by atoms with Gasteiger partial charge in [0.25, 0.3) is 5.91 Å². The van der Waals surface area contributed by atoms with Gasteiger partial charge in [0.15, 0.2) is 0 Å². The molecule has 0 N–H and O–H groups in total. The van der Waals surface area contributed by atoms with Gasteiger partial charge in [-0.1, -0.05) is 47.6 Å². The lowest BCUT2D eigenvalue weighted by Crippen LogP contribution is -2.50. The molecule has 162 valence electrons. The minimum atomic E-state index is -3.61. The van der Waals surface area contributed by atoms with Gasteiger partial charge in [0.1, 0.15) is 17.0 Å². The molecule has 4 rings (SSSR count). The van der Waals surface area contributed by atoms with Crippen LogP contribution in [0.25, 0.3) is 11.3 Å². The molecule has 7 nitrogen and oxygen atoms in total. The molecule has 2 heterocycles. The molecule has 1 aliphatic rings.